The SMILES string of the molecule is CC1CCCN(C(=O)c2ccc(Cl)c(Cl)c2)CC1. The fraction of sp³-hybridized carbons (Fsp3) is 0.500. The highest BCUT2D eigenvalue weighted by atomic mass is 35.5. The number of nitrogens with zero attached hydrogens (tertiary/aromatic N) is 1. The second-order valence-electron chi connectivity index (χ2n) is 4.96. The summed E-state index contributed by atoms with van der Waals surface area (Å²) >= 11 is 11.8. The molecule has 1 amide bonds. The highest BCUT2D eigenvalue weighted by Gasteiger charge is 2.20. The van der Waals surface area contributed by atoms with Crippen LogP contribution < -0.4 is 0 Å². The van der Waals surface area contributed by atoms with Crippen molar-refractivity contribution in [1.82, 2.24) is 4.90 Å². The van der Waals surface area contributed by atoms with E-state index in [0.29, 0.717) is 21.5 Å². The van der Waals surface area contributed by atoms with Gasteiger partial charge in [-0.2, -0.15) is 0 Å². The summed E-state index contributed by atoms with van der Waals surface area (Å²) in [5.74, 6) is 0.763. The molecule has 0 aliphatic carbocycles. The van der Waals surface area contributed by atoms with E-state index >= 15 is 0 Å². The number of carbonyl (C=O) groups is 1. The van der Waals surface area contributed by atoms with Crippen LogP contribution in [0.4, 0.5) is 0 Å². The Morgan fingerprint density at radius 3 is 2.72 bits per heavy atom. The molecule has 18 heavy (non-hydrogen) atoms. The van der Waals surface area contributed by atoms with Gasteiger partial charge in [-0.15, -0.1) is 0 Å². The van der Waals surface area contributed by atoms with E-state index in [2.05, 4.69) is 6.92 Å². The van der Waals surface area contributed by atoms with Crippen LogP contribution in [-0.4, -0.2) is 23.9 Å². The monoisotopic (exact) mass is 285 g/mol. The Labute approximate surface area is 118 Å². The third kappa shape index (κ3) is 3.18. The third-order valence-electron chi connectivity index (χ3n) is 3.47. The first-order valence-corrected chi connectivity index (χ1v) is 7.08. The molecule has 1 aliphatic heterocycles. The first-order chi connectivity index (χ1) is 8.58. The Bertz CT molecular complexity index is 447. The Hall–Kier alpha value is -0.730. The zero-order valence-corrected chi connectivity index (χ0v) is 12.0. The van der Waals surface area contributed by atoms with Crippen LogP contribution >= 0.6 is 23.2 Å². The maximum Gasteiger partial charge on any atom is 0.253 e. The van der Waals surface area contributed by atoms with Gasteiger partial charge in [-0.3, -0.25) is 4.79 Å². The molecule has 1 saturated heterocycles. The van der Waals surface area contributed by atoms with Crippen LogP contribution in [0.25, 0.3) is 0 Å². The minimum absolute atomic E-state index is 0.0580. The molecule has 0 N–H and O–H groups in total. The highest BCUT2D eigenvalue weighted by molar-refractivity contribution is 6.42. The minimum Gasteiger partial charge on any atom is -0.339 e. The van der Waals surface area contributed by atoms with E-state index in [4.69, 9.17) is 23.2 Å². The van der Waals surface area contributed by atoms with Gasteiger partial charge in [0.15, 0.2) is 0 Å². The van der Waals surface area contributed by atoms with Crippen molar-refractivity contribution < 1.29 is 4.79 Å². The molecule has 0 spiro atoms. The Morgan fingerprint density at radius 2 is 2.00 bits per heavy atom. The number of rotatable bonds is 1. The largest absolute Gasteiger partial charge is 0.339 e. The van der Waals surface area contributed by atoms with Crippen LogP contribution in [-0.2, 0) is 0 Å². The van der Waals surface area contributed by atoms with E-state index in [9.17, 15) is 4.79 Å². The number of amides is 1. The molecule has 1 aromatic carbocycles. The van der Waals surface area contributed by atoms with Crippen molar-refractivity contribution in [3.05, 3.63) is 33.8 Å². The van der Waals surface area contributed by atoms with Crippen LogP contribution in [0.15, 0.2) is 18.2 Å². The summed E-state index contributed by atoms with van der Waals surface area (Å²) in [6.45, 7) is 3.91. The van der Waals surface area contributed by atoms with Crippen LogP contribution in [0.5, 0.6) is 0 Å². The van der Waals surface area contributed by atoms with Crippen molar-refractivity contribution in [3.63, 3.8) is 0 Å². The summed E-state index contributed by atoms with van der Waals surface area (Å²) in [6, 6.07) is 5.07. The average molecular weight is 286 g/mol. The number of carbonyl (C=O) groups excluding carboxylic acids is 1. The molecule has 1 atom stereocenters. The Balaban J connectivity index is 2.12. The van der Waals surface area contributed by atoms with E-state index in [1.807, 2.05) is 4.90 Å². The number of benzene rings is 1. The molecule has 2 nitrogen and oxygen atoms in total. The lowest BCUT2D eigenvalue weighted by molar-refractivity contribution is 0.0760. The first kappa shape index (κ1) is 13.7. The van der Waals surface area contributed by atoms with Crippen molar-refractivity contribution in [2.24, 2.45) is 5.92 Å². The van der Waals surface area contributed by atoms with Gasteiger partial charge in [0.1, 0.15) is 0 Å². The van der Waals surface area contributed by atoms with E-state index in [1.54, 1.807) is 18.2 Å². The smallest absolute Gasteiger partial charge is 0.253 e. The second kappa shape index (κ2) is 5.94. The molecule has 0 saturated carbocycles. The van der Waals surface area contributed by atoms with Crippen molar-refractivity contribution in [2.75, 3.05) is 13.1 Å². The van der Waals surface area contributed by atoms with E-state index < -0.39 is 0 Å². The van der Waals surface area contributed by atoms with Crippen molar-refractivity contribution in [2.45, 2.75) is 26.2 Å². The average Bonchev–Trinajstić information content (AvgIpc) is 2.57. The van der Waals surface area contributed by atoms with Gasteiger partial charge in [0, 0.05) is 18.7 Å². The maximum absolute atomic E-state index is 12.3. The molecule has 1 aliphatic rings. The molecule has 0 aromatic heterocycles. The third-order valence-corrected chi connectivity index (χ3v) is 4.21. The zero-order chi connectivity index (χ0) is 13.1. The molecular weight excluding hydrogens is 269 g/mol. The quantitative estimate of drug-likeness (QED) is 0.755. The van der Waals surface area contributed by atoms with Gasteiger partial charge < -0.3 is 4.90 Å². The Morgan fingerprint density at radius 1 is 1.22 bits per heavy atom. The molecule has 1 fully saturated rings. The zero-order valence-electron chi connectivity index (χ0n) is 10.5. The van der Waals surface area contributed by atoms with Gasteiger partial charge in [-0.25, -0.2) is 0 Å². The van der Waals surface area contributed by atoms with Crippen LogP contribution in [0.3, 0.4) is 0 Å². The number of hydrogen-bond acceptors (Lipinski definition) is 1. The molecule has 2 rings (SSSR count). The molecule has 0 bridgehead atoms. The molecular formula is C14H17Cl2NO. The summed E-state index contributed by atoms with van der Waals surface area (Å²) in [7, 11) is 0. The topological polar surface area (TPSA) is 20.3 Å². The molecule has 1 heterocycles. The lowest BCUT2D eigenvalue weighted by Gasteiger charge is -2.20. The van der Waals surface area contributed by atoms with Crippen molar-refractivity contribution >= 4 is 29.1 Å². The molecule has 0 radical (unpaired) electrons. The summed E-state index contributed by atoms with van der Waals surface area (Å²) in [5.41, 5.74) is 0.624. The normalized spacial score (nSPS) is 20.6. The van der Waals surface area contributed by atoms with Gasteiger partial charge in [0.25, 0.3) is 5.91 Å². The van der Waals surface area contributed by atoms with Crippen LogP contribution in [0.2, 0.25) is 10.0 Å². The van der Waals surface area contributed by atoms with Gasteiger partial charge in [0.2, 0.25) is 0 Å². The fourth-order valence-corrected chi connectivity index (χ4v) is 2.58. The van der Waals surface area contributed by atoms with Crippen LogP contribution in [0.1, 0.15) is 36.5 Å². The van der Waals surface area contributed by atoms with Gasteiger partial charge >= 0.3 is 0 Å². The van der Waals surface area contributed by atoms with Crippen molar-refractivity contribution in [3.8, 4) is 0 Å². The van der Waals surface area contributed by atoms with Gasteiger partial charge in [-0.1, -0.05) is 30.1 Å². The lowest BCUT2D eigenvalue weighted by Crippen LogP contribution is -2.31. The highest BCUT2D eigenvalue weighted by Crippen LogP contribution is 2.24. The standard InChI is InChI=1S/C14H17Cl2NO/c1-10-3-2-7-17(8-6-10)14(18)11-4-5-12(15)13(16)9-11/h4-5,9-10H,2-3,6-8H2,1H3. The minimum atomic E-state index is 0.0580. The van der Waals surface area contributed by atoms with Crippen molar-refractivity contribution in [1.29, 1.82) is 0 Å². The number of likely N-dealkylation sites (tertiary alicyclic amines) is 1. The summed E-state index contributed by atoms with van der Waals surface area (Å²) in [4.78, 5) is 14.3. The van der Waals surface area contributed by atoms with Gasteiger partial charge in [0.05, 0.1) is 10.0 Å². The van der Waals surface area contributed by atoms with E-state index in [0.717, 1.165) is 25.9 Å². The maximum atomic E-state index is 12.3. The summed E-state index contributed by atoms with van der Waals surface area (Å²) < 4.78 is 0. The van der Waals surface area contributed by atoms with Crippen LogP contribution in [0, 0.1) is 5.92 Å². The predicted molar refractivity (Wildman–Crippen MR) is 75.4 cm³/mol. The molecule has 1 aromatic rings. The van der Waals surface area contributed by atoms with E-state index in [1.165, 1.54) is 6.42 Å². The summed E-state index contributed by atoms with van der Waals surface area (Å²) in [5, 5.41) is 0.920. The predicted octanol–water partition coefficient (Wildman–Crippen LogP) is 4.26. The number of hydrogen-bond donors (Lipinski definition) is 0. The number of halogens is 2. The van der Waals surface area contributed by atoms with E-state index in [-0.39, 0.29) is 5.91 Å². The van der Waals surface area contributed by atoms with Gasteiger partial charge in [-0.05, 0) is 43.4 Å². The summed E-state index contributed by atoms with van der Waals surface area (Å²) in [6.07, 6.45) is 3.35. The second-order valence-corrected chi connectivity index (χ2v) is 5.77. The molecule has 4 heteroatoms. The first-order valence-electron chi connectivity index (χ1n) is 6.32. The molecule has 1 unspecified atom stereocenters. The molecule has 98 valence electrons. The Kier molecular flexibility index (Phi) is 4.52. The lowest BCUT2D eigenvalue weighted by atomic mass is 10.0. The fourth-order valence-electron chi connectivity index (χ4n) is 2.28.